The number of nitrogen functional groups attached to an aromatic ring is 1. The molecular formula is C21H21ClN8S. The second-order valence-corrected chi connectivity index (χ2v) is 8.73. The van der Waals surface area contributed by atoms with Crippen LogP contribution in [0.25, 0.3) is 17.1 Å². The third kappa shape index (κ3) is 4.62. The lowest BCUT2D eigenvalue weighted by atomic mass is 10.2. The molecule has 0 aliphatic rings. The Labute approximate surface area is 189 Å². The number of para-hydroxylation sites is 1. The van der Waals surface area contributed by atoms with Crippen molar-refractivity contribution in [2.45, 2.75) is 17.3 Å². The molecule has 4 aromatic rings. The monoisotopic (exact) mass is 452 g/mol. The molecule has 4 rings (SSSR count). The van der Waals surface area contributed by atoms with Gasteiger partial charge in [-0.25, -0.2) is 0 Å². The number of hydrogen-bond donors (Lipinski definition) is 1. The molecule has 2 heterocycles. The fourth-order valence-corrected chi connectivity index (χ4v) is 3.97. The summed E-state index contributed by atoms with van der Waals surface area (Å²) in [6.45, 7) is 2.00. The average Bonchev–Trinajstić information content (AvgIpc) is 3.17. The molecule has 0 aliphatic heterocycles. The Morgan fingerprint density at radius 3 is 2.35 bits per heavy atom. The zero-order valence-corrected chi connectivity index (χ0v) is 18.8. The minimum atomic E-state index is -0.131. The molecule has 2 aromatic heterocycles. The highest BCUT2D eigenvalue weighted by Crippen LogP contribution is 2.36. The molecule has 0 radical (unpaired) electrons. The van der Waals surface area contributed by atoms with Gasteiger partial charge in [-0.1, -0.05) is 41.6 Å². The lowest BCUT2D eigenvalue weighted by Gasteiger charge is -2.15. The van der Waals surface area contributed by atoms with Gasteiger partial charge < -0.3 is 10.6 Å². The van der Waals surface area contributed by atoms with E-state index >= 15 is 0 Å². The number of nitrogens with two attached hydrogens (primary N) is 1. The van der Waals surface area contributed by atoms with Crippen LogP contribution in [0.4, 0.5) is 11.9 Å². The lowest BCUT2D eigenvalue weighted by molar-refractivity contribution is 0.843. The fourth-order valence-electron chi connectivity index (χ4n) is 2.93. The van der Waals surface area contributed by atoms with Crippen molar-refractivity contribution in [2.75, 3.05) is 24.7 Å². The highest BCUT2D eigenvalue weighted by Gasteiger charge is 2.21. The van der Waals surface area contributed by atoms with Crippen LogP contribution in [0, 0.1) is 0 Å². The molecule has 2 aromatic carbocycles. The normalized spacial score (nSPS) is 12.0. The molecule has 2 N–H and O–H groups in total. The lowest BCUT2D eigenvalue weighted by Crippen LogP contribution is -2.16. The summed E-state index contributed by atoms with van der Waals surface area (Å²) in [5.41, 5.74) is 7.77. The van der Waals surface area contributed by atoms with Gasteiger partial charge in [0, 0.05) is 30.4 Å². The Kier molecular flexibility index (Phi) is 6.06. The first kappa shape index (κ1) is 21.1. The van der Waals surface area contributed by atoms with Gasteiger partial charge in [0.2, 0.25) is 11.9 Å². The second kappa shape index (κ2) is 8.91. The molecule has 1 atom stereocenters. The van der Waals surface area contributed by atoms with Crippen LogP contribution in [0.5, 0.6) is 0 Å². The molecule has 0 saturated carbocycles. The van der Waals surface area contributed by atoms with Gasteiger partial charge in [-0.3, -0.25) is 4.57 Å². The number of nitrogens with zero attached hydrogens (tertiary/aromatic N) is 7. The van der Waals surface area contributed by atoms with E-state index in [9.17, 15) is 0 Å². The van der Waals surface area contributed by atoms with Crippen molar-refractivity contribution in [1.82, 2.24) is 29.7 Å². The van der Waals surface area contributed by atoms with E-state index in [1.807, 2.05) is 80.2 Å². The number of thioether (sulfide) groups is 1. The summed E-state index contributed by atoms with van der Waals surface area (Å²) >= 11 is 7.57. The molecule has 1 unspecified atom stereocenters. The van der Waals surface area contributed by atoms with Crippen molar-refractivity contribution in [1.29, 1.82) is 0 Å². The Bertz CT molecular complexity index is 1180. The quantitative estimate of drug-likeness (QED) is 0.433. The van der Waals surface area contributed by atoms with Crippen LogP contribution in [-0.4, -0.2) is 43.8 Å². The van der Waals surface area contributed by atoms with Crippen LogP contribution >= 0.6 is 23.4 Å². The topological polar surface area (TPSA) is 98.6 Å². The van der Waals surface area contributed by atoms with Crippen LogP contribution in [0.1, 0.15) is 18.0 Å². The molecule has 10 heteroatoms. The van der Waals surface area contributed by atoms with Gasteiger partial charge >= 0.3 is 0 Å². The molecule has 0 fully saturated rings. The summed E-state index contributed by atoms with van der Waals surface area (Å²) < 4.78 is 2.02. The molecule has 0 bridgehead atoms. The van der Waals surface area contributed by atoms with Gasteiger partial charge in [0.15, 0.2) is 11.0 Å². The van der Waals surface area contributed by atoms with Crippen molar-refractivity contribution in [3.8, 4) is 17.1 Å². The van der Waals surface area contributed by atoms with Crippen molar-refractivity contribution < 1.29 is 0 Å². The van der Waals surface area contributed by atoms with Gasteiger partial charge in [0.1, 0.15) is 5.82 Å². The second-order valence-electron chi connectivity index (χ2n) is 6.99. The largest absolute Gasteiger partial charge is 0.368 e. The summed E-state index contributed by atoms with van der Waals surface area (Å²) in [5, 5.41) is 10.2. The predicted molar refractivity (Wildman–Crippen MR) is 125 cm³/mol. The minimum Gasteiger partial charge on any atom is -0.368 e. The number of rotatable bonds is 6. The van der Waals surface area contributed by atoms with Gasteiger partial charge in [-0.05, 0) is 43.3 Å². The zero-order valence-electron chi connectivity index (χ0n) is 17.3. The summed E-state index contributed by atoms with van der Waals surface area (Å²) in [4.78, 5) is 14.8. The third-order valence-electron chi connectivity index (χ3n) is 4.45. The van der Waals surface area contributed by atoms with Crippen LogP contribution in [0.2, 0.25) is 5.02 Å². The molecule has 31 heavy (non-hydrogen) atoms. The number of anilines is 2. The van der Waals surface area contributed by atoms with E-state index in [2.05, 4.69) is 25.1 Å². The van der Waals surface area contributed by atoms with Crippen molar-refractivity contribution in [3.05, 3.63) is 65.4 Å². The predicted octanol–water partition coefficient (Wildman–Crippen LogP) is 4.27. The van der Waals surface area contributed by atoms with Gasteiger partial charge in [-0.2, -0.15) is 15.0 Å². The van der Waals surface area contributed by atoms with E-state index in [4.69, 9.17) is 17.3 Å². The number of benzene rings is 2. The number of hydrogen-bond acceptors (Lipinski definition) is 8. The maximum atomic E-state index is 6.07. The van der Waals surface area contributed by atoms with Crippen LogP contribution in [0.3, 0.4) is 0 Å². The molecule has 0 aliphatic carbocycles. The summed E-state index contributed by atoms with van der Waals surface area (Å²) in [6, 6.07) is 17.5. The molecule has 0 amide bonds. The zero-order chi connectivity index (χ0) is 22.0. The number of halogens is 1. The third-order valence-corrected chi connectivity index (χ3v) is 5.75. The average molecular weight is 453 g/mol. The van der Waals surface area contributed by atoms with Crippen molar-refractivity contribution >= 4 is 35.3 Å². The van der Waals surface area contributed by atoms with E-state index in [-0.39, 0.29) is 11.2 Å². The van der Waals surface area contributed by atoms with Crippen molar-refractivity contribution in [3.63, 3.8) is 0 Å². The van der Waals surface area contributed by atoms with E-state index in [1.165, 1.54) is 11.8 Å². The highest BCUT2D eigenvalue weighted by molar-refractivity contribution is 7.99. The van der Waals surface area contributed by atoms with Crippen LogP contribution in [0.15, 0.2) is 59.8 Å². The molecule has 158 valence electrons. The van der Waals surface area contributed by atoms with E-state index in [0.717, 1.165) is 17.1 Å². The first-order valence-corrected chi connectivity index (χ1v) is 10.8. The van der Waals surface area contributed by atoms with Crippen molar-refractivity contribution in [2.24, 2.45) is 0 Å². The summed E-state index contributed by atoms with van der Waals surface area (Å²) in [5.74, 6) is 2.01. The smallest absolute Gasteiger partial charge is 0.229 e. The Hall–Kier alpha value is -3.17. The first-order chi connectivity index (χ1) is 14.9. The van der Waals surface area contributed by atoms with Gasteiger partial charge in [0.25, 0.3) is 0 Å². The maximum absolute atomic E-state index is 6.07. The minimum absolute atomic E-state index is 0.131. The maximum Gasteiger partial charge on any atom is 0.229 e. The van der Waals surface area contributed by atoms with E-state index < -0.39 is 0 Å². The molecule has 0 spiro atoms. The first-order valence-electron chi connectivity index (χ1n) is 9.54. The summed E-state index contributed by atoms with van der Waals surface area (Å²) in [7, 11) is 3.72. The molecule has 0 saturated heterocycles. The van der Waals surface area contributed by atoms with E-state index in [1.54, 1.807) is 4.90 Å². The van der Waals surface area contributed by atoms with Crippen LogP contribution in [-0.2, 0) is 0 Å². The Morgan fingerprint density at radius 2 is 1.68 bits per heavy atom. The highest BCUT2D eigenvalue weighted by atomic mass is 35.5. The standard InChI is InChI=1S/C21H21ClN8S/c1-13(17-24-19(23)26-20(25-17)29(2)3)31-21-28-27-18(14-9-11-15(22)12-10-14)30(21)16-7-5-4-6-8-16/h4-13H,1-3H3,(H2,23,24,25,26). The fraction of sp³-hybridized carbons (Fsp3) is 0.190. The Balaban J connectivity index is 1.74. The van der Waals surface area contributed by atoms with E-state index in [0.29, 0.717) is 22.0 Å². The van der Waals surface area contributed by atoms with Gasteiger partial charge in [0.05, 0.1) is 5.25 Å². The van der Waals surface area contributed by atoms with Gasteiger partial charge in [-0.15, -0.1) is 10.2 Å². The van der Waals surface area contributed by atoms with Crippen LogP contribution < -0.4 is 10.6 Å². The number of aromatic nitrogens is 6. The SMILES string of the molecule is CC(Sc1nnc(-c2ccc(Cl)cc2)n1-c1ccccc1)c1nc(N)nc(N(C)C)n1. The molecule has 8 nitrogen and oxygen atoms in total. The molecular weight excluding hydrogens is 432 g/mol. The summed E-state index contributed by atoms with van der Waals surface area (Å²) in [6.07, 6.45) is 0. The Morgan fingerprint density at radius 1 is 0.968 bits per heavy atom.